The van der Waals surface area contributed by atoms with Crippen LogP contribution in [0.15, 0.2) is 47.4 Å². The maximum absolute atomic E-state index is 12.5. The molecule has 0 atom stereocenters. The fourth-order valence-electron chi connectivity index (χ4n) is 2.19. The number of anilines is 1. The van der Waals surface area contributed by atoms with Crippen molar-refractivity contribution in [2.75, 3.05) is 5.32 Å². The van der Waals surface area contributed by atoms with Crippen LogP contribution < -0.4 is 10.9 Å². The Bertz CT molecular complexity index is 872. The number of halogens is 1. The number of nitrogens with one attached hydrogen (secondary N) is 1. The van der Waals surface area contributed by atoms with Crippen LogP contribution in [0.25, 0.3) is 0 Å². The second-order valence-corrected chi connectivity index (χ2v) is 8.02. The minimum absolute atomic E-state index is 0.0310. The van der Waals surface area contributed by atoms with E-state index in [1.807, 2.05) is 52.9 Å². The van der Waals surface area contributed by atoms with Crippen molar-refractivity contribution in [3.63, 3.8) is 0 Å². The van der Waals surface area contributed by atoms with E-state index in [0.29, 0.717) is 3.57 Å². The molecule has 0 radical (unpaired) electrons. The molecule has 2 aromatic rings. The molecular formula is C19H21IN2O5. The fraction of sp³-hybridized carbons (Fsp3) is 0.316. The van der Waals surface area contributed by atoms with E-state index in [2.05, 4.69) is 5.32 Å². The van der Waals surface area contributed by atoms with Crippen molar-refractivity contribution in [1.29, 1.82) is 0 Å². The summed E-state index contributed by atoms with van der Waals surface area (Å²) in [5.74, 6) is -0.538. The summed E-state index contributed by atoms with van der Waals surface area (Å²) in [6, 6.07) is 10.7. The van der Waals surface area contributed by atoms with Crippen LogP contribution in [0.1, 0.15) is 26.3 Å². The summed E-state index contributed by atoms with van der Waals surface area (Å²) >= 11 is 2.00. The van der Waals surface area contributed by atoms with Gasteiger partial charge < -0.3 is 14.0 Å². The summed E-state index contributed by atoms with van der Waals surface area (Å²) in [6.07, 6.45) is 0.773. The highest BCUT2D eigenvalue weighted by molar-refractivity contribution is 14.1. The smallest absolute Gasteiger partial charge is 0.412 e. The van der Waals surface area contributed by atoms with Crippen LogP contribution >= 0.6 is 22.6 Å². The Morgan fingerprint density at radius 1 is 1.19 bits per heavy atom. The molecule has 0 aliphatic rings. The van der Waals surface area contributed by atoms with Gasteiger partial charge in [0.1, 0.15) is 24.4 Å². The first kappa shape index (κ1) is 20.9. The Morgan fingerprint density at radius 3 is 2.48 bits per heavy atom. The van der Waals surface area contributed by atoms with E-state index >= 15 is 0 Å². The molecule has 0 spiro atoms. The Kier molecular flexibility index (Phi) is 7.00. The summed E-state index contributed by atoms with van der Waals surface area (Å²) in [4.78, 5) is 36.5. The van der Waals surface area contributed by atoms with Crippen LogP contribution in [0.4, 0.5) is 10.5 Å². The molecule has 0 unspecified atom stereocenters. The van der Waals surface area contributed by atoms with Crippen LogP contribution in [-0.4, -0.2) is 22.2 Å². The lowest BCUT2D eigenvalue weighted by Gasteiger charge is -2.20. The zero-order valence-electron chi connectivity index (χ0n) is 15.3. The molecule has 0 fully saturated rings. The highest BCUT2D eigenvalue weighted by Gasteiger charge is 2.18. The number of pyridine rings is 1. The number of amides is 1. The van der Waals surface area contributed by atoms with E-state index in [1.165, 1.54) is 16.8 Å². The molecule has 0 aliphatic heterocycles. The predicted molar refractivity (Wildman–Crippen MR) is 110 cm³/mol. The predicted octanol–water partition coefficient (Wildman–Crippen LogP) is 3.54. The first-order valence-corrected chi connectivity index (χ1v) is 9.31. The van der Waals surface area contributed by atoms with Gasteiger partial charge in [0.05, 0.1) is 0 Å². The molecule has 0 saturated heterocycles. The van der Waals surface area contributed by atoms with Gasteiger partial charge in [-0.05, 0) is 55.0 Å². The number of ether oxygens (including phenoxy) is 2. The molecule has 27 heavy (non-hydrogen) atoms. The molecule has 1 heterocycles. The highest BCUT2D eigenvalue weighted by Crippen LogP contribution is 2.11. The maximum Gasteiger partial charge on any atom is 0.412 e. The first-order valence-electron chi connectivity index (χ1n) is 8.23. The quantitative estimate of drug-likeness (QED) is 0.519. The van der Waals surface area contributed by atoms with Crippen LogP contribution in [0.2, 0.25) is 0 Å². The van der Waals surface area contributed by atoms with Crippen LogP contribution in [0, 0.1) is 3.57 Å². The number of carbonyl (C=O) groups excluding carboxylic acids is 2. The number of rotatable bonds is 5. The number of aromatic nitrogens is 1. The number of hydrogen-bond acceptors (Lipinski definition) is 5. The molecule has 1 N–H and O–H groups in total. The average Bonchev–Trinajstić information content (AvgIpc) is 2.56. The summed E-state index contributed by atoms with van der Waals surface area (Å²) in [5.41, 5.74) is -0.301. The van der Waals surface area contributed by atoms with E-state index in [0.717, 1.165) is 5.56 Å². The van der Waals surface area contributed by atoms with Gasteiger partial charge >= 0.3 is 12.1 Å². The second-order valence-electron chi connectivity index (χ2n) is 6.78. The van der Waals surface area contributed by atoms with Gasteiger partial charge in [0.2, 0.25) is 0 Å². The van der Waals surface area contributed by atoms with Gasteiger partial charge in [0.25, 0.3) is 5.56 Å². The van der Waals surface area contributed by atoms with Crippen LogP contribution in [0.3, 0.4) is 0 Å². The zero-order valence-corrected chi connectivity index (χ0v) is 17.5. The molecule has 144 valence electrons. The number of nitrogens with zero attached hydrogens (tertiary/aromatic N) is 1. The van der Waals surface area contributed by atoms with Gasteiger partial charge in [0, 0.05) is 9.77 Å². The van der Waals surface area contributed by atoms with E-state index in [-0.39, 0.29) is 18.8 Å². The summed E-state index contributed by atoms with van der Waals surface area (Å²) in [5, 5.41) is 2.43. The van der Waals surface area contributed by atoms with Crippen molar-refractivity contribution in [3.05, 3.63) is 62.1 Å². The molecule has 0 aliphatic carbocycles. The van der Waals surface area contributed by atoms with Gasteiger partial charge in [-0.3, -0.25) is 14.9 Å². The van der Waals surface area contributed by atoms with Crippen molar-refractivity contribution in [3.8, 4) is 0 Å². The second kappa shape index (κ2) is 9.03. The third-order valence-corrected chi connectivity index (χ3v) is 3.81. The van der Waals surface area contributed by atoms with Gasteiger partial charge in [-0.15, -0.1) is 0 Å². The van der Waals surface area contributed by atoms with Gasteiger partial charge in [-0.1, -0.05) is 30.3 Å². The molecule has 0 bridgehead atoms. The van der Waals surface area contributed by atoms with Crippen molar-refractivity contribution in [2.24, 2.45) is 0 Å². The van der Waals surface area contributed by atoms with Crippen LogP contribution in [0.5, 0.6) is 0 Å². The standard InChI is InChI=1S/C19H21IN2O5/c1-19(2,3)27-16(23)11-22-10-14(20)9-15(17(22)24)21-18(25)26-12-13-7-5-4-6-8-13/h4-10H,11-12H2,1-3H3,(H,21,25). The molecule has 7 nitrogen and oxygen atoms in total. The highest BCUT2D eigenvalue weighted by atomic mass is 127. The minimum atomic E-state index is -0.748. The minimum Gasteiger partial charge on any atom is -0.459 e. The van der Waals surface area contributed by atoms with Gasteiger partial charge in [-0.2, -0.15) is 0 Å². The Labute approximate surface area is 170 Å². The molecule has 2 rings (SSSR count). The third-order valence-electron chi connectivity index (χ3n) is 3.22. The van der Waals surface area contributed by atoms with Gasteiger partial charge in [0.15, 0.2) is 0 Å². The lowest BCUT2D eigenvalue weighted by atomic mass is 10.2. The summed E-state index contributed by atoms with van der Waals surface area (Å²) in [6.45, 7) is 5.08. The summed E-state index contributed by atoms with van der Waals surface area (Å²) in [7, 11) is 0. The molecule has 0 saturated carbocycles. The Morgan fingerprint density at radius 2 is 1.85 bits per heavy atom. The third kappa shape index (κ3) is 7.05. The lowest BCUT2D eigenvalue weighted by Crippen LogP contribution is -2.32. The number of benzene rings is 1. The van der Waals surface area contributed by atoms with E-state index in [4.69, 9.17) is 9.47 Å². The largest absolute Gasteiger partial charge is 0.459 e. The molecule has 1 amide bonds. The average molecular weight is 484 g/mol. The topological polar surface area (TPSA) is 86.6 Å². The number of esters is 1. The van der Waals surface area contributed by atoms with Crippen LogP contribution in [-0.2, 0) is 27.4 Å². The summed E-state index contributed by atoms with van der Waals surface area (Å²) < 4.78 is 12.2. The molecule has 8 heteroatoms. The molecule has 1 aromatic carbocycles. The zero-order chi connectivity index (χ0) is 20.0. The Balaban J connectivity index is 2.06. The lowest BCUT2D eigenvalue weighted by molar-refractivity contribution is -0.155. The van der Waals surface area contributed by atoms with E-state index in [1.54, 1.807) is 20.8 Å². The van der Waals surface area contributed by atoms with Crippen molar-refractivity contribution < 1.29 is 19.1 Å². The molecule has 1 aromatic heterocycles. The van der Waals surface area contributed by atoms with Crippen molar-refractivity contribution in [2.45, 2.75) is 39.5 Å². The normalized spacial score (nSPS) is 11.0. The van der Waals surface area contributed by atoms with Gasteiger partial charge in [-0.25, -0.2) is 4.79 Å². The van der Waals surface area contributed by atoms with E-state index < -0.39 is 23.2 Å². The molecular weight excluding hydrogens is 463 g/mol. The SMILES string of the molecule is CC(C)(C)OC(=O)Cn1cc(I)cc(NC(=O)OCc2ccccc2)c1=O. The Hall–Kier alpha value is -2.36. The first-order chi connectivity index (χ1) is 12.6. The monoisotopic (exact) mass is 484 g/mol. The fourth-order valence-corrected chi connectivity index (χ4v) is 2.84. The number of hydrogen-bond donors (Lipinski definition) is 1. The maximum atomic E-state index is 12.5. The number of carbonyl (C=O) groups is 2. The van der Waals surface area contributed by atoms with Crippen molar-refractivity contribution in [1.82, 2.24) is 4.57 Å². The van der Waals surface area contributed by atoms with Crippen molar-refractivity contribution >= 4 is 40.3 Å². The van der Waals surface area contributed by atoms with E-state index in [9.17, 15) is 14.4 Å².